The van der Waals surface area contributed by atoms with Crippen molar-refractivity contribution in [3.05, 3.63) is 29.8 Å². The number of para-hydroxylation sites is 1. The number of likely N-dealkylation sites (tertiary alicyclic amines) is 1. The fraction of sp³-hybridized carbons (Fsp3) is 0.632. The molecule has 4 heteroatoms. The SMILES string of the molecule is O=C(Nc1ccccc1CN1CCC(O)CC1)C1CCCCC1. The Balaban J connectivity index is 1.62. The molecule has 0 spiro atoms. The van der Waals surface area contributed by atoms with E-state index in [4.69, 9.17) is 0 Å². The van der Waals surface area contributed by atoms with Crippen molar-refractivity contribution in [1.82, 2.24) is 4.90 Å². The first-order valence-electron chi connectivity index (χ1n) is 9.01. The van der Waals surface area contributed by atoms with Crippen LogP contribution in [0.2, 0.25) is 0 Å². The summed E-state index contributed by atoms with van der Waals surface area (Å²) in [7, 11) is 0. The molecular formula is C19H28N2O2. The summed E-state index contributed by atoms with van der Waals surface area (Å²) in [6, 6.07) is 8.13. The van der Waals surface area contributed by atoms with Gasteiger partial charge in [0.1, 0.15) is 0 Å². The molecule has 1 saturated carbocycles. The lowest BCUT2D eigenvalue weighted by Gasteiger charge is -2.30. The molecule has 2 aliphatic rings. The highest BCUT2D eigenvalue weighted by Gasteiger charge is 2.22. The number of benzene rings is 1. The second-order valence-corrected chi connectivity index (χ2v) is 6.99. The predicted octanol–water partition coefficient (Wildman–Crippen LogP) is 3.16. The van der Waals surface area contributed by atoms with Gasteiger partial charge in [0.25, 0.3) is 0 Å². The predicted molar refractivity (Wildman–Crippen MR) is 92.2 cm³/mol. The van der Waals surface area contributed by atoms with Gasteiger partial charge in [0.15, 0.2) is 0 Å². The van der Waals surface area contributed by atoms with Gasteiger partial charge in [-0.15, -0.1) is 0 Å². The highest BCUT2D eigenvalue weighted by atomic mass is 16.3. The lowest BCUT2D eigenvalue weighted by Crippen LogP contribution is -2.35. The van der Waals surface area contributed by atoms with E-state index in [9.17, 15) is 9.90 Å². The summed E-state index contributed by atoms with van der Waals surface area (Å²) < 4.78 is 0. The number of piperidine rings is 1. The quantitative estimate of drug-likeness (QED) is 0.897. The van der Waals surface area contributed by atoms with Crippen LogP contribution in [0.15, 0.2) is 24.3 Å². The van der Waals surface area contributed by atoms with Gasteiger partial charge < -0.3 is 10.4 Å². The number of carbonyl (C=O) groups is 1. The van der Waals surface area contributed by atoms with Crippen molar-refractivity contribution in [2.24, 2.45) is 5.92 Å². The molecule has 0 unspecified atom stereocenters. The smallest absolute Gasteiger partial charge is 0.227 e. The molecule has 0 radical (unpaired) electrons. The maximum absolute atomic E-state index is 12.5. The molecule has 3 rings (SSSR count). The van der Waals surface area contributed by atoms with Crippen LogP contribution in [0.4, 0.5) is 5.69 Å². The van der Waals surface area contributed by atoms with Crippen molar-refractivity contribution in [2.75, 3.05) is 18.4 Å². The summed E-state index contributed by atoms with van der Waals surface area (Å²) in [6.07, 6.45) is 7.21. The third-order valence-electron chi connectivity index (χ3n) is 5.20. The van der Waals surface area contributed by atoms with Gasteiger partial charge in [0, 0.05) is 31.2 Å². The third kappa shape index (κ3) is 4.55. The Morgan fingerprint density at radius 2 is 1.78 bits per heavy atom. The van der Waals surface area contributed by atoms with Crippen LogP contribution >= 0.6 is 0 Å². The van der Waals surface area contributed by atoms with Crippen molar-refractivity contribution in [1.29, 1.82) is 0 Å². The van der Waals surface area contributed by atoms with E-state index in [1.54, 1.807) is 0 Å². The molecule has 1 aliphatic carbocycles. The minimum Gasteiger partial charge on any atom is -0.393 e. The van der Waals surface area contributed by atoms with Crippen LogP contribution in [0.25, 0.3) is 0 Å². The van der Waals surface area contributed by atoms with Crippen LogP contribution in [-0.4, -0.2) is 35.1 Å². The molecule has 126 valence electrons. The second-order valence-electron chi connectivity index (χ2n) is 6.99. The average Bonchev–Trinajstić information content (AvgIpc) is 2.59. The van der Waals surface area contributed by atoms with Crippen molar-refractivity contribution < 1.29 is 9.90 Å². The number of nitrogens with one attached hydrogen (secondary N) is 1. The van der Waals surface area contributed by atoms with Gasteiger partial charge in [-0.1, -0.05) is 37.5 Å². The maximum atomic E-state index is 12.5. The Morgan fingerprint density at radius 3 is 2.52 bits per heavy atom. The number of nitrogens with zero attached hydrogens (tertiary/aromatic N) is 1. The third-order valence-corrected chi connectivity index (χ3v) is 5.20. The molecule has 4 nitrogen and oxygen atoms in total. The van der Waals surface area contributed by atoms with Crippen LogP contribution in [0.1, 0.15) is 50.5 Å². The van der Waals surface area contributed by atoms with Crippen LogP contribution in [0, 0.1) is 5.92 Å². The van der Waals surface area contributed by atoms with Crippen molar-refractivity contribution >= 4 is 11.6 Å². The van der Waals surface area contributed by atoms with E-state index in [1.165, 1.54) is 24.8 Å². The normalized spacial score (nSPS) is 21.3. The van der Waals surface area contributed by atoms with Gasteiger partial charge in [-0.3, -0.25) is 9.69 Å². The summed E-state index contributed by atoms with van der Waals surface area (Å²) >= 11 is 0. The van der Waals surface area contributed by atoms with Crippen molar-refractivity contribution in [3.8, 4) is 0 Å². The highest BCUT2D eigenvalue weighted by molar-refractivity contribution is 5.93. The van der Waals surface area contributed by atoms with Gasteiger partial charge in [-0.25, -0.2) is 0 Å². The minimum atomic E-state index is -0.146. The molecule has 1 amide bonds. The average molecular weight is 316 g/mol. The zero-order valence-corrected chi connectivity index (χ0v) is 13.8. The first-order valence-corrected chi connectivity index (χ1v) is 9.01. The Labute approximate surface area is 138 Å². The van der Waals surface area contributed by atoms with E-state index < -0.39 is 0 Å². The molecule has 0 atom stereocenters. The summed E-state index contributed by atoms with van der Waals surface area (Å²) in [5.74, 6) is 0.369. The van der Waals surface area contributed by atoms with E-state index in [0.717, 1.165) is 51.0 Å². The number of aliphatic hydroxyl groups is 1. The number of hydrogen-bond acceptors (Lipinski definition) is 3. The Hall–Kier alpha value is -1.39. The molecule has 0 aromatic heterocycles. The lowest BCUT2D eigenvalue weighted by molar-refractivity contribution is -0.120. The molecule has 23 heavy (non-hydrogen) atoms. The standard InChI is InChI=1S/C19H28N2O2/c22-17-10-12-21(13-11-17)14-16-8-4-5-9-18(16)20-19(23)15-6-2-1-3-7-15/h4-5,8-9,15,17,22H,1-3,6-7,10-14H2,(H,20,23). The molecule has 1 aromatic carbocycles. The summed E-state index contributed by atoms with van der Waals surface area (Å²) in [5.41, 5.74) is 2.13. The fourth-order valence-electron chi connectivity index (χ4n) is 3.70. The molecule has 1 saturated heterocycles. The Bertz CT molecular complexity index is 518. The highest BCUT2D eigenvalue weighted by Crippen LogP contribution is 2.26. The first kappa shape index (κ1) is 16.5. The number of carbonyl (C=O) groups excluding carboxylic acids is 1. The molecule has 1 aliphatic heterocycles. The monoisotopic (exact) mass is 316 g/mol. The largest absolute Gasteiger partial charge is 0.393 e. The number of amides is 1. The van der Waals surface area contributed by atoms with E-state index >= 15 is 0 Å². The topological polar surface area (TPSA) is 52.6 Å². The van der Waals surface area contributed by atoms with Crippen molar-refractivity contribution in [2.45, 2.75) is 57.6 Å². The molecule has 2 N–H and O–H groups in total. The lowest BCUT2D eigenvalue weighted by atomic mass is 9.88. The van der Waals surface area contributed by atoms with E-state index in [-0.39, 0.29) is 17.9 Å². The summed E-state index contributed by atoms with van der Waals surface area (Å²) in [5, 5.41) is 12.8. The molecular weight excluding hydrogens is 288 g/mol. The zero-order valence-electron chi connectivity index (χ0n) is 13.8. The Kier molecular flexibility index (Phi) is 5.68. The number of hydrogen-bond donors (Lipinski definition) is 2. The van der Waals surface area contributed by atoms with Gasteiger partial charge in [-0.2, -0.15) is 0 Å². The number of rotatable bonds is 4. The van der Waals surface area contributed by atoms with E-state index in [2.05, 4.69) is 16.3 Å². The Morgan fingerprint density at radius 1 is 1.09 bits per heavy atom. The number of anilines is 1. The van der Waals surface area contributed by atoms with Gasteiger partial charge in [-0.05, 0) is 37.3 Å². The van der Waals surface area contributed by atoms with Crippen molar-refractivity contribution in [3.63, 3.8) is 0 Å². The fourth-order valence-corrected chi connectivity index (χ4v) is 3.70. The van der Waals surface area contributed by atoms with Crippen LogP contribution in [0.3, 0.4) is 0 Å². The minimum absolute atomic E-state index is 0.146. The van der Waals surface area contributed by atoms with Crippen LogP contribution in [-0.2, 0) is 11.3 Å². The maximum Gasteiger partial charge on any atom is 0.227 e. The molecule has 1 aromatic rings. The zero-order chi connectivity index (χ0) is 16.1. The van der Waals surface area contributed by atoms with Gasteiger partial charge in [0.2, 0.25) is 5.91 Å². The van der Waals surface area contributed by atoms with Gasteiger partial charge >= 0.3 is 0 Å². The first-order chi connectivity index (χ1) is 11.2. The molecule has 1 heterocycles. The van der Waals surface area contributed by atoms with Crippen LogP contribution in [0.5, 0.6) is 0 Å². The van der Waals surface area contributed by atoms with E-state index in [1.807, 2.05) is 18.2 Å². The van der Waals surface area contributed by atoms with Crippen LogP contribution < -0.4 is 5.32 Å². The van der Waals surface area contributed by atoms with Gasteiger partial charge in [0.05, 0.1) is 6.10 Å². The summed E-state index contributed by atoms with van der Waals surface area (Å²) in [6.45, 7) is 2.69. The van der Waals surface area contributed by atoms with E-state index in [0.29, 0.717) is 0 Å². The molecule has 2 fully saturated rings. The number of aliphatic hydroxyl groups excluding tert-OH is 1. The molecule has 0 bridgehead atoms. The second kappa shape index (κ2) is 7.93. The summed E-state index contributed by atoms with van der Waals surface area (Å²) in [4.78, 5) is 14.9.